The lowest BCUT2D eigenvalue weighted by atomic mass is 10.1. The zero-order chi connectivity index (χ0) is 59.9. The minimum atomic E-state index is -0.831. The Hall–Kier alpha value is -5.75. The van der Waals surface area contributed by atoms with Crippen LogP contribution in [-0.4, -0.2) is 37.2 Å². The lowest BCUT2D eigenvalue weighted by molar-refractivity contribution is -0.166. The molecule has 0 radical (unpaired) electrons. The quantitative estimate of drug-likeness (QED) is 0.0261. The van der Waals surface area contributed by atoms with Crippen LogP contribution < -0.4 is 0 Å². The number of unbranched alkanes of at least 4 members (excludes halogenated alkanes) is 14. The predicted octanol–water partition coefficient (Wildman–Crippen LogP) is 23.0. The Morgan fingerprint density at radius 2 is 0.458 bits per heavy atom. The van der Waals surface area contributed by atoms with Crippen LogP contribution in [0.5, 0.6) is 0 Å². The summed E-state index contributed by atoms with van der Waals surface area (Å²) in [5.74, 6) is -1.04. The highest BCUT2D eigenvalue weighted by Gasteiger charge is 2.19. The van der Waals surface area contributed by atoms with Gasteiger partial charge in [0, 0.05) is 19.3 Å². The summed E-state index contributed by atoms with van der Waals surface area (Å²) in [7, 11) is 0. The molecule has 0 amide bonds. The Bertz CT molecular complexity index is 1990. The van der Waals surface area contributed by atoms with E-state index < -0.39 is 6.10 Å². The van der Waals surface area contributed by atoms with E-state index in [1.807, 2.05) is 12.2 Å². The Labute approximate surface area is 509 Å². The molecule has 0 heterocycles. The van der Waals surface area contributed by atoms with E-state index in [4.69, 9.17) is 14.2 Å². The van der Waals surface area contributed by atoms with Crippen molar-refractivity contribution < 1.29 is 28.6 Å². The van der Waals surface area contributed by atoms with Crippen molar-refractivity contribution >= 4 is 17.9 Å². The van der Waals surface area contributed by atoms with E-state index in [0.29, 0.717) is 19.3 Å². The van der Waals surface area contributed by atoms with Gasteiger partial charge in [0.15, 0.2) is 6.10 Å². The third-order valence-corrected chi connectivity index (χ3v) is 13.1. The molecule has 6 heteroatoms. The number of hydrogen-bond donors (Lipinski definition) is 0. The van der Waals surface area contributed by atoms with E-state index in [1.54, 1.807) is 0 Å². The number of hydrogen-bond acceptors (Lipinski definition) is 6. The fraction of sp³-hybridized carbons (Fsp3) is 0.545. The van der Waals surface area contributed by atoms with Gasteiger partial charge in [-0.25, -0.2) is 0 Å². The van der Waals surface area contributed by atoms with Gasteiger partial charge in [0.1, 0.15) is 13.2 Å². The number of carbonyl (C=O) groups excluding carboxylic acids is 3. The maximum Gasteiger partial charge on any atom is 0.306 e. The third kappa shape index (κ3) is 66.9. The van der Waals surface area contributed by atoms with Crippen LogP contribution in [-0.2, 0) is 28.6 Å². The van der Waals surface area contributed by atoms with Crippen molar-refractivity contribution in [1.82, 2.24) is 0 Å². The molecular weight excluding hydrogens is 1020 g/mol. The molecular formula is C77H118O6. The molecule has 0 aromatic rings. The Kier molecular flexibility index (Phi) is 64.0. The van der Waals surface area contributed by atoms with Gasteiger partial charge in [-0.05, 0) is 148 Å². The highest BCUT2D eigenvalue weighted by Crippen LogP contribution is 2.14. The fourth-order valence-corrected chi connectivity index (χ4v) is 8.29. The van der Waals surface area contributed by atoms with Crippen molar-refractivity contribution in [1.29, 1.82) is 0 Å². The smallest absolute Gasteiger partial charge is 0.306 e. The van der Waals surface area contributed by atoms with Crippen LogP contribution in [0.3, 0.4) is 0 Å². The zero-order valence-electron chi connectivity index (χ0n) is 52.9. The average Bonchev–Trinajstić information content (AvgIpc) is 3.49. The topological polar surface area (TPSA) is 78.9 Å². The van der Waals surface area contributed by atoms with Crippen LogP contribution in [0.2, 0.25) is 0 Å². The van der Waals surface area contributed by atoms with Gasteiger partial charge in [0.05, 0.1) is 0 Å². The molecule has 0 aliphatic heterocycles. The molecule has 0 spiro atoms. The lowest BCUT2D eigenvalue weighted by Crippen LogP contribution is -2.30. The van der Waals surface area contributed by atoms with Crippen molar-refractivity contribution in [3.8, 4) is 0 Å². The van der Waals surface area contributed by atoms with Gasteiger partial charge in [-0.2, -0.15) is 0 Å². The van der Waals surface area contributed by atoms with E-state index in [9.17, 15) is 14.4 Å². The number of allylic oxidation sites excluding steroid dienone is 32. The van der Waals surface area contributed by atoms with Gasteiger partial charge in [0.25, 0.3) is 0 Å². The summed E-state index contributed by atoms with van der Waals surface area (Å²) < 4.78 is 16.8. The molecule has 0 saturated heterocycles. The largest absolute Gasteiger partial charge is 0.462 e. The molecule has 462 valence electrons. The normalized spacial score (nSPS) is 13.4. The number of ether oxygens (including phenoxy) is 3. The van der Waals surface area contributed by atoms with Gasteiger partial charge in [-0.1, -0.05) is 279 Å². The van der Waals surface area contributed by atoms with Crippen molar-refractivity contribution in [3.05, 3.63) is 194 Å². The van der Waals surface area contributed by atoms with Crippen LogP contribution >= 0.6 is 0 Å². The van der Waals surface area contributed by atoms with Crippen molar-refractivity contribution in [2.24, 2.45) is 0 Å². The van der Waals surface area contributed by atoms with Crippen LogP contribution in [0, 0.1) is 0 Å². The predicted molar refractivity (Wildman–Crippen MR) is 361 cm³/mol. The average molecular weight is 1140 g/mol. The molecule has 0 aromatic heterocycles. The Morgan fingerprint density at radius 1 is 0.241 bits per heavy atom. The Balaban J connectivity index is 4.43. The second kappa shape index (κ2) is 68.7. The highest BCUT2D eigenvalue weighted by molar-refractivity contribution is 5.71. The van der Waals surface area contributed by atoms with Crippen molar-refractivity contribution in [3.63, 3.8) is 0 Å². The molecule has 0 saturated carbocycles. The fourth-order valence-electron chi connectivity index (χ4n) is 8.29. The summed E-state index contributed by atoms with van der Waals surface area (Å²) >= 11 is 0. The van der Waals surface area contributed by atoms with E-state index in [2.05, 4.69) is 203 Å². The molecule has 0 aromatic carbocycles. The Morgan fingerprint density at radius 3 is 0.747 bits per heavy atom. The highest BCUT2D eigenvalue weighted by atomic mass is 16.6. The minimum Gasteiger partial charge on any atom is -0.462 e. The molecule has 0 bridgehead atoms. The second-order valence-corrected chi connectivity index (χ2v) is 20.9. The first-order chi connectivity index (χ1) is 41.0. The SMILES string of the molecule is CC/C=C\C/C=C\C/C=C\C/C=C\C/C=C\C/C=C\C/C=C\C/C=C\CCCCCCCCC(=O)OCC(COC(=O)CC/C=C\C/C=C\C/C=C\C/C=C\CC)OC(=O)CCCCCCCCCC/C=C\C/C=C\C/C=C\C/C=C\CC. The second-order valence-electron chi connectivity index (χ2n) is 20.9. The zero-order valence-corrected chi connectivity index (χ0v) is 52.9. The first-order valence-corrected chi connectivity index (χ1v) is 32.9. The van der Waals surface area contributed by atoms with Gasteiger partial charge >= 0.3 is 17.9 Å². The monoisotopic (exact) mass is 1140 g/mol. The number of rotatable bonds is 57. The molecule has 1 atom stereocenters. The summed E-state index contributed by atoms with van der Waals surface area (Å²) in [4.78, 5) is 38.3. The van der Waals surface area contributed by atoms with Crippen LogP contribution in [0.4, 0.5) is 0 Å². The molecule has 0 rings (SSSR count). The summed E-state index contributed by atoms with van der Waals surface area (Å²) in [5.41, 5.74) is 0. The van der Waals surface area contributed by atoms with Gasteiger partial charge in [-0.15, -0.1) is 0 Å². The lowest BCUT2D eigenvalue weighted by Gasteiger charge is -2.18. The molecule has 0 aliphatic rings. The summed E-state index contributed by atoms with van der Waals surface area (Å²) in [6, 6.07) is 0. The number of esters is 3. The van der Waals surface area contributed by atoms with Crippen LogP contribution in [0.1, 0.15) is 252 Å². The molecule has 0 aliphatic carbocycles. The third-order valence-electron chi connectivity index (χ3n) is 13.1. The first-order valence-electron chi connectivity index (χ1n) is 32.9. The summed E-state index contributed by atoms with van der Waals surface area (Å²) in [5, 5.41) is 0. The maximum absolute atomic E-state index is 12.9. The standard InChI is InChI=1S/C77H118O6/c1-4-7-10-13-16-19-22-25-27-29-31-33-34-35-36-37-38-39-40-41-42-44-45-47-49-52-55-58-61-64-67-70-76(79)82-73-74(72-81-75(78)69-66-63-60-57-54-51-24-21-18-15-12-9-6-3)83-77(80)71-68-65-62-59-56-53-50-48-46-43-32-30-28-26-23-20-17-14-11-8-5-2/h7-12,16-21,25-28,31-33,35-36,38-39,41-43,45,47,51,54,60,63,74H,4-6,13-15,22-24,29-30,34,37,40,44,46,48-50,52-53,55-59,61-62,64-73H2,1-3H3/b10-7-,11-8-,12-9-,19-16-,20-17-,21-18-,27-25-,28-26-,33-31-,36-35-,39-38-,42-41-,43-32-,47-45-,54-51-,63-60-. The molecule has 0 fully saturated rings. The first kappa shape index (κ1) is 77.2. The molecule has 0 N–H and O–H groups in total. The van der Waals surface area contributed by atoms with Crippen molar-refractivity contribution in [2.45, 2.75) is 258 Å². The van der Waals surface area contributed by atoms with Gasteiger partial charge in [0.2, 0.25) is 0 Å². The van der Waals surface area contributed by atoms with Gasteiger partial charge < -0.3 is 14.2 Å². The van der Waals surface area contributed by atoms with Gasteiger partial charge in [-0.3, -0.25) is 14.4 Å². The van der Waals surface area contributed by atoms with E-state index in [-0.39, 0.29) is 37.5 Å². The van der Waals surface area contributed by atoms with E-state index in [0.717, 1.165) is 161 Å². The number of carbonyl (C=O) groups is 3. The van der Waals surface area contributed by atoms with E-state index in [1.165, 1.54) is 44.9 Å². The van der Waals surface area contributed by atoms with Crippen LogP contribution in [0.15, 0.2) is 194 Å². The van der Waals surface area contributed by atoms with Crippen molar-refractivity contribution in [2.75, 3.05) is 13.2 Å². The molecule has 6 nitrogen and oxygen atoms in total. The summed E-state index contributed by atoms with van der Waals surface area (Å²) in [6.07, 6.45) is 105. The van der Waals surface area contributed by atoms with E-state index >= 15 is 0 Å². The minimum absolute atomic E-state index is 0.121. The summed E-state index contributed by atoms with van der Waals surface area (Å²) in [6.45, 7) is 6.20. The molecule has 1 unspecified atom stereocenters. The maximum atomic E-state index is 12.9. The molecule has 83 heavy (non-hydrogen) atoms. The van der Waals surface area contributed by atoms with Crippen LogP contribution in [0.25, 0.3) is 0 Å².